The molecule has 1 aliphatic heterocycles. The van der Waals surface area contributed by atoms with E-state index in [1.807, 2.05) is 29.3 Å². The third-order valence-corrected chi connectivity index (χ3v) is 6.00. The van der Waals surface area contributed by atoms with Crippen molar-refractivity contribution in [1.82, 2.24) is 19.3 Å². The number of hydrogen-bond donors (Lipinski definition) is 0. The lowest BCUT2D eigenvalue weighted by atomic mass is 9.97. The standard InChI is InChI=1S/C25H32N4O2/c1-4-15-31-22-12-11-19(5-2)26-23(22)25(30)29-14-7-6-10-21(29)16-20-17-28-13-8-9-18(3)24(28)27-20/h8-9,11-13,17,21H,4-7,10,14-16H2,1-3H3. The summed E-state index contributed by atoms with van der Waals surface area (Å²) in [4.78, 5) is 25.2. The quantitative estimate of drug-likeness (QED) is 0.559. The summed E-state index contributed by atoms with van der Waals surface area (Å²) >= 11 is 0. The maximum atomic E-state index is 13.6. The van der Waals surface area contributed by atoms with Gasteiger partial charge in [0, 0.05) is 37.1 Å². The highest BCUT2D eigenvalue weighted by atomic mass is 16.5. The van der Waals surface area contributed by atoms with E-state index >= 15 is 0 Å². The fourth-order valence-electron chi connectivity index (χ4n) is 4.33. The molecular formula is C25H32N4O2. The molecule has 164 valence electrons. The topological polar surface area (TPSA) is 59.7 Å². The Morgan fingerprint density at radius 2 is 2.03 bits per heavy atom. The average Bonchev–Trinajstić information content (AvgIpc) is 3.21. The number of pyridine rings is 2. The number of carbonyl (C=O) groups is 1. The Morgan fingerprint density at radius 1 is 1.16 bits per heavy atom. The first-order chi connectivity index (χ1) is 15.1. The Balaban J connectivity index is 1.60. The monoisotopic (exact) mass is 420 g/mol. The van der Waals surface area contributed by atoms with E-state index in [1.165, 1.54) is 0 Å². The van der Waals surface area contributed by atoms with Gasteiger partial charge in [0.1, 0.15) is 5.65 Å². The van der Waals surface area contributed by atoms with Crippen molar-refractivity contribution in [3.05, 3.63) is 59.3 Å². The Hall–Kier alpha value is -2.89. The van der Waals surface area contributed by atoms with Gasteiger partial charge in [0.15, 0.2) is 11.4 Å². The molecule has 0 aromatic carbocycles. The van der Waals surface area contributed by atoms with Crippen molar-refractivity contribution >= 4 is 11.6 Å². The number of carbonyl (C=O) groups excluding carboxylic acids is 1. The second-order valence-electron chi connectivity index (χ2n) is 8.36. The van der Waals surface area contributed by atoms with Gasteiger partial charge < -0.3 is 14.0 Å². The first-order valence-corrected chi connectivity index (χ1v) is 11.5. The van der Waals surface area contributed by atoms with Gasteiger partial charge in [-0.25, -0.2) is 9.97 Å². The third kappa shape index (κ3) is 4.58. The van der Waals surface area contributed by atoms with Crippen LogP contribution in [0.4, 0.5) is 0 Å². The minimum absolute atomic E-state index is 0.0222. The normalized spacial score (nSPS) is 16.6. The van der Waals surface area contributed by atoms with E-state index in [0.29, 0.717) is 18.1 Å². The Bertz CT molecular complexity index is 1060. The summed E-state index contributed by atoms with van der Waals surface area (Å²) in [6.07, 6.45) is 9.68. The van der Waals surface area contributed by atoms with Gasteiger partial charge in [-0.2, -0.15) is 0 Å². The van der Waals surface area contributed by atoms with Crippen LogP contribution in [0, 0.1) is 6.92 Å². The Morgan fingerprint density at radius 3 is 2.81 bits per heavy atom. The van der Waals surface area contributed by atoms with Gasteiger partial charge in [0.05, 0.1) is 12.3 Å². The molecule has 1 fully saturated rings. The predicted octanol–water partition coefficient (Wildman–Crippen LogP) is 4.63. The minimum atomic E-state index is -0.0222. The van der Waals surface area contributed by atoms with E-state index in [4.69, 9.17) is 9.72 Å². The molecule has 4 heterocycles. The van der Waals surface area contributed by atoms with Gasteiger partial charge in [-0.15, -0.1) is 0 Å². The summed E-state index contributed by atoms with van der Waals surface area (Å²) in [5, 5.41) is 0. The third-order valence-electron chi connectivity index (χ3n) is 6.00. The highest BCUT2D eigenvalue weighted by molar-refractivity contribution is 5.95. The fourth-order valence-corrected chi connectivity index (χ4v) is 4.33. The molecule has 0 aliphatic carbocycles. The average molecular weight is 421 g/mol. The highest BCUT2D eigenvalue weighted by Crippen LogP contribution is 2.26. The number of hydrogen-bond acceptors (Lipinski definition) is 4. The zero-order valence-electron chi connectivity index (χ0n) is 18.8. The molecule has 4 rings (SSSR count). The van der Waals surface area contributed by atoms with E-state index in [-0.39, 0.29) is 11.9 Å². The molecule has 0 bridgehead atoms. The van der Waals surface area contributed by atoms with Crippen molar-refractivity contribution in [2.24, 2.45) is 0 Å². The number of rotatable bonds is 7. The summed E-state index contributed by atoms with van der Waals surface area (Å²) in [5.74, 6) is 0.572. The van der Waals surface area contributed by atoms with Crippen molar-refractivity contribution < 1.29 is 9.53 Å². The first kappa shape index (κ1) is 21.3. The molecule has 6 heteroatoms. The molecule has 1 unspecified atom stereocenters. The number of fused-ring (bicyclic) bond motifs is 1. The van der Waals surface area contributed by atoms with Gasteiger partial charge >= 0.3 is 0 Å². The van der Waals surface area contributed by atoms with E-state index < -0.39 is 0 Å². The van der Waals surface area contributed by atoms with Crippen LogP contribution in [0.2, 0.25) is 0 Å². The van der Waals surface area contributed by atoms with Crippen molar-refractivity contribution in [2.75, 3.05) is 13.2 Å². The van der Waals surface area contributed by atoms with Crippen LogP contribution in [0.1, 0.15) is 67.0 Å². The maximum Gasteiger partial charge on any atom is 0.276 e. The zero-order chi connectivity index (χ0) is 21.8. The number of piperidine rings is 1. The van der Waals surface area contributed by atoms with E-state index in [1.54, 1.807) is 0 Å². The van der Waals surface area contributed by atoms with Crippen molar-refractivity contribution in [3.63, 3.8) is 0 Å². The lowest BCUT2D eigenvalue weighted by molar-refractivity contribution is 0.0601. The van der Waals surface area contributed by atoms with Crippen LogP contribution in [0.3, 0.4) is 0 Å². The smallest absolute Gasteiger partial charge is 0.276 e. The summed E-state index contributed by atoms with van der Waals surface area (Å²) in [5.41, 5.74) is 4.53. The van der Waals surface area contributed by atoms with Gasteiger partial charge in [-0.1, -0.05) is 19.9 Å². The minimum Gasteiger partial charge on any atom is -0.491 e. The molecule has 0 saturated carbocycles. The Labute approximate surface area is 184 Å². The van der Waals surface area contributed by atoms with Gasteiger partial charge in [0.25, 0.3) is 5.91 Å². The molecule has 1 saturated heterocycles. The Kier molecular flexibility index (Phi) is 6.54. The van der Waals surface area contributed by atoms with Gasteiger partial charge in [0.2, 0.25) is 0 Å². The number of amides is 1. The van der Waals surface area contributed by atoms with E-state index in [0.717, 1.165) is 67.7 Å². The predicted molar refractivity (Wildman–Crippen MR) is 122 cm³/mol. The number of ether oxygens (including phenoxy) is 1. The molecule has 3 aromatic heterocycles. The van der Waals surface area contributed by atoms with Crippen LogP contribution < -0.4 is 4.74 Å². The maximum absolute atomic E-state index is 13.6. The number of imidazole rings is 1. The van der Waals surface area contributed by atoms with Crippen LogP contribution in [0.5, 0.6) is 5.75 Å². The summed E-state index contributed by atoms with van der Waals surface area (Å²) in [6, 6.07) is 8.09. The van der Waals surface area contributed by atoms with E-state index in [9.17, 15) is 4.79 Å². The van der Waals surface area contributed by atoms with Crippen molar-refractivity contribution in [1.29, 1.82) is 0 Å². The van der Waals surface area contributed by atoms with Crippen LogP contribution in [0.15, 0.2) is 36.7 Å². The molecular weight excluding hydrogens is 388 g/mol. The SMILES string of the molecule is CCCOc1ccc(CC)nc1C(=O)N1CCCCC1Cc1cn2cccc(C)c2n1. The molecule has 0 radical (unpaired) electrons. The molecule has 1 aliphatic rings. The summed E-state index contributed by atoms with van der Waals surface area (Å²) < 4.78 is 7.95. The number of aromatic nitrogens is 3. The number of likely N-dealkylation sites (tertiary alicyclic amines) is 1. The van der Waals surface area contributed by atoms with Gasteiger partial charge in [-0.3, -0.25) is 4.79 Å². The molecule has 1 atom stereocenters. The zero-order valence-corrected chi connectivity index (χ0v) is 18.8. The van der Waals surface area contributed by atoms with Gasteiger partial charge in [-0.05, 0) is 62.8 Å². The highest BCUT2D eigenvalue weighted by Gasteiger charge is 2.31. The largest absolute Gasteiger partial charge is 0.491 e. The molecule has 6 nitrogen and oxygen atoms in total. The number of aryl methyl sites for hydroxylation is 2. The molecule has 0 N–H and O–H groups in total. The second-order valence-corrected chi connectivity index (χ2v) is 8.36. The summed E-state index contributed by atoms with van der Waals surface area (Å²) in [7, 11) is 0. The fraction of sp³-hybridized carbons (Fsp3) is 0.480. The number of nitrogens with zero attached hydrogens (tertiary/aromatic N) is 4. The van der Waals surface area contributed by atoms with Crippen molar-refractivity contribution in [2.45, 2.75) is 65.3 Å². The van der Waals surface area contributed by atoms with Crippen LogP contribution in [-0.4, -0.2) is 44.4 Å². The molecule has 0 spiro atoms. The van der Waals surface area contributed by atoms with Crippen LogP contribution >= 0.6 is 0 Å². The van der Waals surface area contributed by atoms with E-state index in [2.05, 4.69) is 42.4 Å². The second kappa shape index (κ2) is 9.50. The molecule has 1 amide bonds. The van der Waals surface area contributed by atoms with Crippen LogP contribution in [-0.2, 0) is 12.8 Å². The first-order valence-electron chi connectivity index (χ1n) is 11.5. The molecule has 31 heavy (non-hydrogen) atoms. The molecule has 3 aromatic rings. The lowest BCUT2D eigenvalue weighted by Crippen LogP contribution is -2.45. The van der Waals surface area contributed by atoms with Crippen LogP contribution in [0.25, 0.3) is 5.65 Å². The lowest BCUT2D eigenvalue weighted by Gasteiger charge is -2.35. The summed E-state index contributed by atoms with van der Waals surface area (Å²) in [6.45, 7) is 7.52. The van der Waals surface area contributed by atoms with Crippen molar-refractivity contribution in [3.8, 4) is 5.75 Å².